The van der Waals surface area contributed by atoms with E-state index < -0.39 is 37.6 Å². The van der Waals surface area contributed by atoms with Crippen molar-refractivity contribution in [2.24, 2.45) is 5.92 Å². The van der Waals surface area contributed by atoms with E-state index in [1.54, 1.807) is 27.0 Å². The SMILES string of the molecule is COc1ccc(C(C#C[Si](C)(C)C)C2C(=O)OC(C)(C)OC2=O)cc1OC1CCCC1. The van der Waals surface area contributed by atoms with Gasteiger partial charge >= 0.3 is 11.9 Å². The fourth-order valence-electron chi connectivity index (χ4n) is 3.82. The smallest absolute Gasteiger partial charge is 0.325 e. The van der Waals surface area contributed by atoms with Crippen molar-refractivity contribution >= 4 is 20.0 Å². The third kappa shape index (κ3) is 5.82. The molecule has 1 heterocycles. The lowest BCUT2D eigenvalue weighted by molar-refractivity contribution is -0.240. The number of methoxy groups -OCH3 is 1. The Morgan fingerprint density at radius 3 is 2.23 bits per heavy atom. The van der Waals surface area contributed by atoms with Gasteiger partial charge in [0.1, 0.15) is 8.07 Å². The minimum absolute atomic E-state index is 0.140. The second-order valence-corrected chi connectivity index (χ2v) is 14.4. The molecule has 1 saturated heterocycles. The molecular formula is C24H32O6Si. The lowest BCUT2D eigenvalue weighted by Crippen LogP contribution is -2.48. The Hall–Kier alpha value is -2.46. The standard InChI is InChI=1S/C24H32O6Si/c1-24(2)29-22(25)21(23(26)30-24)18(13-14-31(4,5)6)16-11-12-19(27-3)20(15-16)28-17-9-7-8-10-17/h11-12,15,17-18,21H,7-10H2,1-6H3. The molecule has 1 atom stereocenters. The largest absolute Gasteiger partial charge is 0.493 e. The molecular weight excluding hydrogens is 412 g/mol. The molecule has 1 saturated carbocycles. The number of ether oxygens (including phenoxy) is 4. The summed E-state index contributed by atoms with van der Waals surface area (Å²) in [7, 11) is -0.177. The van der Waals surface area contributed by atoms with Gasteiger partial charge in [0, 0.05) is 13.8 Å². The highest BCUT2D eigenvalue weighted by Crippen LogP contribution is 2.38. The van der Waals surface area contributed by atoms with Crippen molar-refractivity contribution in [3.05, 3.63) is 23.8 Å². The van der Waals surface area contributed by atoms with Crippen LogP contribution in [0.15, 0.2) is 18.2 Å². The monoisotopic (exact) mass is 444 g/mol. The van der Waals surface area contributed by atoms with E-state index in [1.807, 2.05) is 12.1 Å². The fourth-order valence-corrected chi connectivity index (χ4v) is 4.41. The van der Waals surface area contributed by atoms with E-state index in [1.165, 1.54) is 0 Å². The minimum Gasteiger partial charge on any atom is -0.493 e. The van der Waals surface area contributed by atoms with Gasteiger partial charge in [-0.25, -0.2) is 0 Å². The van der Waals surface area contributed by atoms with Gasteiger partial charge in [-0.1, -0.05) is 25.7 Å². The van der Waals surface area contributed by atoms with Crippen molar-refractivity contribution < 1.29 is 28.5 Å². The van der Waals surface area contributed by atoms with Gasteiger partial charge < -0.3 is 18.9 Å². The summed E-state index contributed by atoms with van der Waals surface area (Å²) in [6.45, 7) is 9.42. The van der Waals surface area contributed by atoms with Crippen LogP contribution in [0.3, 0.4) is 0 Å². The van der Waals surface area contributed by atoms with Gasteiger partial charge in [0.2, 0.25) is 0 Å². The average molecular weight is 445 g/mol. The zero-order valence-corrected chi connectivity index (χ0v) is 20.2. The lowest BCUT2D eigenvalue weighted by Gasteiger charge is -2.34. The number of cyclic esters (lactones) is 2. The fraction of sp³-hybridized carbons (Fsp3) is 0.583. The Balaban J connectivity index is 2.02. The van der Waals surface area contributed by atoms with Crippen molar-refractivity contribution in [3.63, 3.8) is 0 Å². The molecule has 31 heavy (non-hydrogen) atoms. The van der Waals surface area contributed by atoms with E-state index in [2.05, 4.69) is 31.1 Å². The number of esters is 2. The Morgan fingerprint density at radius 1 is 1.06 bits per heavy atom. The second-order valence-electron chi connectivity index (χ2n) is 9.65. The molecule has 0 N–H and O–H groups in total. The molecule has 2 aliphatic rings. The molecule has 0 bridgehead atoms. The van der Waals surface area contributed by atoms with Crippen LogP contribution in [0.5, 0.6) is 11.5 Å². The number of rotatable bonds is 5. The predicted molar refractivity (Wildman–Crippen MR) is 119 cm³/mol. The summed E-state index contributed by atoms with van der Waals surface area (Å²) in [6, 6.07) is 5.46. The first kappa shape index (κ1) is 23.2. The van der Waals surface area contributed by atoms with Crippen LogP contribution in [-0.4, -0.2) is 39.0 Å². The predicted octanol–water partition coefficient (Wildman–Crippen LogP) is 4.43. The van der Waals surface area contributed by atoms with Crippen LogP contribution in [0.4, 0.5) is 0 Å². The van der Waals surface area contributed by atoms with E-state index in [0.29, 0.717) is 17.1 Å². The van der Waals surface area contributed by atoms with E-state index in [4.69, 9.17) is 18.9 Å². The van der Waals surface area contributed by atoms with Crippen LogP contribution < -0.4 is 9.47 Å². The molecule has 1 unspecified atom stereocenters. The maximum atomic E-state index is 12.8. The van der Waals surface area contributed by atoms with Gasteiger partial charge in [0.05, 0.1) is 19.1 Å². The Kier molecular flexibility index (Phi) is 6.70. The van der Waals surface area contributed by atoms with Gasteiger partial charge in [-0.2, -0.15) is 0 Å². The summed E-state index contributed by atoms with van der Waals surface area (Å²) < 4.78 is 22.5. The van der Waals surface area contributed by atoms with Gasteiger partial charge in [0.25, 0.3) is 5.79 Å². The van der Waals surface area contributed by atoms with Crippen molar-refractivity contribution in [1.29, 1.82) is 0 Å². The Labute approximate surface area is 185 Å². The first-order chi connectivity index (χ1) is 14.5. The third-order valence-electron chi connectivity index (χ3n) is 5.28. The lowest BCUT2D eigenvalue weighted by atomic mass is 9.85. The summed E-state index contributed by atoms with van der Waals surface area (Å²) in [5.74, 6) is 0.0575. The van der Waals surface area contributed by atoms with E-state index >= 15 is 0 Å². The molecule has 1 aromatic rings. The second kappa shape index (κ2) is 8.95. The number of carbonyl (C=O) groups is 2. The third-order valence-corrected chi connectivity index (χ3v) is 6.17. The normalized spacial score (nSPS) is 20.3. The van der Waals surface area contributed by atoms with Crippen molar-refractivity contribution in [3.8, 4) is 23.0 Å². The summed E-state index contributed by atoms with van der Waals surface area (Å²) in [6.07, 6.45) is 4.44. The molecule has 0 aromatic heterocycles. The maximum Gasteiger partial charge on any atom is 0.325 e. The summed E-state index contributed by atoms with van der Waals surface area (Å²) in [5.41, 5.74) is 4.01. The highest BCUT2D eigenvalue weighted by molar-refractivity contribution is 6.83. The number of hydrogen-bond donors (Lipinski definition) is 0. The quantitative estimate of drug-likeness (QED) is 0.290. The zero-order valence-electron chi connectivity index (χ0n) is 19.2. The molecule has 1 aliphatic carbocycles. The molecule has 168 valence electrons. The molecule has 2 fully saturated rings. The van der Waals surface area contributed by atoms with E-state index in [9.17, 15) is 9.59 Å². The van der Waals surface area contributed by atoms with Crippen LogP contribution in [0.25, 0.3) is 0 Å². The molecule has 0 amide bonds. The Bertz CT molecular complexity index is 879. The van der Waals surface area contributed by atoms with Crippen LogP contribution >= 0.6 is 0 Å². The van der Waals surface area contributed by atoms with Gasteiger partial charge in [0.15, 0.2) is 17.4 Å². The van der Waals surface area contributed by atoms with E-state index in [-0.39, 0.29) is 6.10 Å². The number of carbonyl (C=O) groups excluding carboxylic acids is 2. The van der Waals surface area contributed by atoms with Crippen LogP contribution in [0.2, 0.25) is 19.6 Å². The first-order valence-corrected chi connectivity index (χ1v) is 14.3. The summed E-state index contributed by atoms with van der Waals surface area (Å²) in [4.78, 5) is 25.6. The van der Waals surface area contributed by atoms with Crippen molar-refractivity contribution in [2.75, 3.05) is 7.11 Å². The van der Waals surface area contributed by atoms with Crippen LogP contribution in [-0.2, 0) is 19.1 Å². The van der Waals surface area contributed by atoms with Crippen molar-refractivity contribution in [1.82, 2.24) is 0 Å². The minimum atomic E-state index is -1.77. The first-order valence-electron chi connectivity index (χ1n) is 10.8. The Morgan fingerprint density at radius 2 is 1.68 bits per heavy atom. The zero-order chi connectivity index (χ0) is 22.8. The molecule has 6 nitrogen and oxygen atoms in total. The molecule has 3 rings (SSSR count). The van der Waals surface area contributed by atoms with Gasteiger partial charge in [-0.05, 0) is 43.4 Å². The number of hydrogen-bond acceptors (Lipinski definition) is 6. The molecule has 1 aliphatic heterocycles. The average Bonchev–Trinajstić information content (AvgIpc) is 3.15. The summed E-state index contributed by atoms with van der Waals surface area (Å²) in [5, 5.41) is 0. The number of benzene rings is 1. The van der Waals surface area contributed by atoms with E-state index in [0.717, 1.165) is 25.7 Å². The highest BCUT2D eigenvalue weighted by atomic mass is 28.3. The molecule has 0 radical (unpaired) electrons. The van der Waals surface area contributed by atoms with Gasteiger partial charge in [-0.3, -0.25) is 9.59 Å². The van der Waals surface area contributed by atoms with Gasteiger partial charge in [-0.15, -0.1) is 11.5 Å². The molecule has 0 spiro atoms. The maximum absolute atomic E-state index is 12.8. The van der Waals surface area contributed by atoms with Crippen LogP contribution in [0.1, 0.15) is 51.0 Å². The summed E-state index contributed by atoms with van der Waals surface area (Å²) >= 11 is 0. The molecule has 7 heteroatoms. The molecule has 1 aromatic carbocycles. The topological polar surface area (TPSA) is 71.1 Å². The van der Waals surface area contributed by atoms with Crippen molar-refractivity contribution in [2.45, 2.75) is 77.0 Å². The van der Waals surface area contributed by atoms with Crippen LogP contribution in [0, 0.1) is 17.4 Å². The highest BCUT2D eigenvalue weighted by Gasteiger charge is 2.47.